The van der Waals surface area contributed by atoms with E-state index in [1.165, 1.54) is 5.57 Å². The molecule has 1 heterocycles. The second-order valence-corrected chi connectivity index (χ2v) is 3.02. The Kier molecular flexibility index (Phi) is 3.10. The summed E-state index contributed by atoms with van der Waals surface area (Å²) in [5.74, 6) is 0.0702. The Labute approximate surface area is 72.4 Å². The Morgan fingerprint density at radius 2 is 2.50 bits per heavy atom. The molecule has 0 fully saturated rings. The molecule has 0 aromatic rings. The molecule has 0 atom stereocenters. The number of nitrogens with zero attached hydrogens (tertiary/aromatic N) is 1. The largest absolute Gasteiger partial charge is 0.371 e. The first kappa shape index (κ1) is 9.06. The van der Waals surface area contributed by atoms with E-state index < -0.39 is 0 Å². The van der Waals surface area contributed by atoms with Gasteiger partial charge in [-0.1, -0.05) is 0 Å². The number of hydrogen-bond donors (Lipinski definition) is 2. The molecule has 0 saturated heterocycles. The zero-order valence-corrected chi connectivity index (χ0v) is 7.34. The average molecular weight is 169 g/mol. The number of likely N-dealkylation sites (N-methyl/N-ethyl adjacent to an activating group) is 1. The normalized spacial score (nSPS) is 18.3. The van der Waals surface area contributed by atoms with Crippen LogP contribution in [0.3, 0.4) is 0 Å². The van der Waals surface area contributed by atoms with E-state index in [1.807, 2.05) is 18.1 Å². The summed E-state index contributed by atoms with van der Waals surface area (Å²) in [4.78, 5) is 12.9. The van der Waals surface area contributed by atoms with Gasteiger partial charge in [0.05, 0.1) is 6.54 Å². The maximum absolute atomic E-state index is 11.0. The third-order valence-electron chi connectivity index (χ3n) is 1.77. The SMILES string of the molecule is CN1C=C(CCN)CNC(=O)C1. The van der Waals surface area contributed by atoms with Crippen molar-refractivity contribution in [1.29, 1.82) is 0 Å². The van der Waals surface area contributed by atoms with Gasteiger partial charge in [0.2, 0.25) is 5.91 Å². The summed E-state index contributed by atoms with van der Waals surface area (Å²) in [6.45, 7) is 1.71. The highest BCUT2D eigenvalue weighted by Gasteiger charge is 2.09. The highest BCUT2D eigenvalue weighted by molar-refractivity contribution is 5.78. The molecule has 0 saturated carbocycles. The molecule has 4 heteroatoms. The third-order valence-corrected chi connectivity index (χ3v) is 1.77. The Balaban J connectivity index is 2.56. The molecule has 1 aliphatic rings. The maximum atomic E-state index is 11.0. The van der Waals surface area contributed by atoms with Crippen molar-refractivity contribution in [1.82, 2.24) is 10.2 Å². The van der Waals surface area contributed by atoms with Crippen molar-refractivity contribution >= 4 is 5.91 Å². The van der Waals surface area contributed by atoms with E-state index >= 15 is 0 Å². The molecule has 0 aromatic heterocycles. The van der Waals surface area contributed by atoms with E-state index in [2.05, 4.69) is 5.32 Å². The minimum atomic E-state index is 0.0702. The quantitative estimate of drug-likeness (QED) is 0.573. The summed E-state index contributed by atoms with van der Waals surface area (Å²) in [6, 6.07) is 0. The fraction of sp³-hybridized carbons (Fsp3) is 0.625. The minimum absolute atomic E-state index is 0.0702. The van der Waals surface area contributed by atoms with Gasteiger partial charge in [-0.15, -0.1) is 0 Å². The third kappa shape index (κ3) is 2.54. The van der Waals surface area contributed by atoms with Crippen LogP contribution in [0.25, 0.3) is 0 Å². The van der Waals surface area contributed by atoms with Gasteiger partial charge >= 0.3 is 0 Å². The highest BCUT2D eigenvalue weighted by atomic mass is 16.2. The van der Waals surface area contributed by atoms with Crippen LogP contribution in [0.5, 0.6) is 0 Å². The van der Waals surface area contributed by atoms with Gasteiger partial charge in [0.1, 0.15) is 0 Å². The molecule has 0 radical (unpaired) electrons. The van der Waals surface area contributed by atoms with Gasteiger partial charge in [0.15, 0.2) is 0 Å². The lowest BCUT2D eigenvalue weighted by Crippen LogP contribution is -2.30. The monoisotopic (exact) mass is 169 g/mol. The van der Waals surface area contributed by atoms with Crippen LogP contribution in [0, 0.1) is 0 Å². The molecule has 12 heavy (non-hydrogen) atoms. The lowest BCUT2D eigenvalue weighted by molar-refractivity contribution is -0.121. The summed E-state index contributed by atoms with van der Waals surface area (Å²) >= 11 is 0. The average Bonchev–Trinajstić information content (AvgIpc) is 2.13. The summed E-state index contributed by atoms with van der Waals surface area (Å²) in [7, 11) is 1.89. The Morgan fingerprint density at radius 3 is 3.17 bits per heavy atom. The molecule has 1 aliphatic heterocycles. The number of nitrogens with two attached hydrogens (primary N) is 1. The molecule has 0 aliphatic carbocycles. The number of carbonyl (C=O) groups excluding carboxylic acids is 1. The molecular weight excluding hydrogens is 154 g/mol. The first-order valence-electron chi connectivity index (χ1n) is 4.09. The highest BCUT2D eigenvalue weighted by Crippen LogP contribution is 2.03. The van der Waals surface area contributed by atoms with Crippen molar-refractivity contribution in [2.75, 3.05) is 26.7 Å². The van der Waals surface area contributed by atoms with Gasteiger partial charge in [0.25, 0.3) is 0 Å². The second kappa shape index (κ2) is 4.11. The van der Waals surface area contributed by atoms with Gasteiger partial charge in [-0.2, -0.15) is 0 Å². The standard InChI is InChI=1S/C8H15N3O/c1-11-5-7(2-3-9)4-10-8(12)6-11/h5H,2-4,6,9H2,1H3,(H,10,12). The summed E-state index contributed by atoms with van der Waals surface area (Å²) in [5, 5.41) is 2.81. The van der Waals surface area contributed by atoms with Crippen molar-refractivity contribution in [3.63, 3.8) is 0 Å². The second-order valence-electron chi connectivity index (χ2n) is 3.02. The van der Waals surface area contributed by atoms with Crippen LogP contribution in [0.4, 0.5) is 0 Å². The molecule has 68 valence electrons. The number of nitrogens with one attached hydrogen (secondary N) is 1. The van der Waals surface area contributed by atoms with Crippen LogP contribution >= 0.6 is 0 Å². The van der Waals surface area contributed by atoms with Crippen LogP contribution in [0.15, 0.2) is 11.8 Å². The van der Waals surface area contributed by atoms with Gasteiger partial charge < -0.3 is 16.0 Å². The molecule has 1 rings (SSSR count). The number of hydrogen-bond acceptors (Lipinski definition) is 3. The topological polar surface area (TPSA) is 58.4 Å². The predicted octanol–water partition coefficient (Wildman–Crippen LogP) is -0.719. The van der Waals surface area contributed by atoms with Crippen LogP contribution < -0.4 is 11.1 Å². The fourth-order valence-corrected chi connectivity index (χ4v) is 1.24. The van der Waals surface area contributed by atoms with Crippen LogP contribution in [-0.4, -0.2) is 37.5 Å². The number of carbonyl (C=O) groups is 1. The lowest BCUT2D eigenvalue weighted by atomic mass is 10.2. The van der Waals surface area contributed by atoms with E-state index in [4.69, 9.17) is 5.73 Å². The first-order chi connectivity index (χ1) is 5.72. The maximum Gasteiger partial charge on any atom is 0.239 e. The van der Waals surface area contributed by atoms with E-state index in [1.54, 1.807) is 0 Å². The molecule has 0 unspecified atom stereocenters. The van der Waals surface area contributed by atoms with Crippen molar-refractivity contribution < 1.29 is 4.79 Å². The Bertz CT molecular complexity index is 200. The first-order valence-corrected chi connectivity index (χ1v) is 4.09. The van der Waals surface area contributed by atoms with E-state index in [9.17, 15) is 4.79 Å². The summed E-state index contributed by atoms with van der Waals surface area (Å²) in [6.07, 6.45) is 2.84. The van der Waals surface area contributed by atoms with Gasteiger partial charge in [-0.3, -0.25) is 4.79 Å². The summed E-state index contributed by atoms with van der Waals surface area (Å²) < 4.78 is 0. The molecule has 3 N–H and O–H groups in total. The zero-order chi connectivity index (χ0) is 8.97. The van der Waals surface area contributed by atoms with Crippen LogP contribution in [0.2, 0.25) is 0 Å². The summed E-state index contributed by atoms with van der Waals surface area (Å²) in [5.41, 5.74) is 6.60. The van der Waals surface area contributed by atoms with E-state index in [-0.39, 0.29) is 5.91 Å². The van der Waals surface area contributed by atoms with Gasteiger partial charge in [-0.25, -0.2) is 0 Å². The minimum Gasteiger partial charge on any atom is -0.371 e. The lowest BCUT2D eigenvalue weighted by Gasteiger charge is -2.09. The number of rotatable bonds is 2. The van der Waals surface area contributed by atoms with Gasteiger partial charge in [0, 0.05) is 19.8 Å². The Hall–Kier alpha value is -1.03. The zero-order valence-electron chi connectivity index (χ0n) is 7.34. The van der Waals surface area contributed by atoms with Gasteiger partial charge in [-0.05, 0) is 18.5 Å². The van der Waals surface area contributed by atoms with Crippen molar-refractivity contribution in [3.8, 4) is 0 Å². The predicted molar refractivity (Wildman–Crippen MR) is 47.4 cm³/mol. The molecule has 1 amide bonds. The smallest absolute Gasteiger partial charge is 0.239 e. The van der Waals surface area contributed by atoms with E-state index in [0.717, 1.165) is 6.42 Å². The van der Waals surface area contributed by atoms with E-state index in [0.29, 0.717) is 19.6 Å². The molecule has 0 aromatic carbocycles. The molecular formula is C8H15N3O. The number of amides is 1. The molecule has 4 nitrogen and oxygen atoms in total. The molecule has 0 spiro atoms. The Morgan fingerprint density at radius 1 is 1.75 bits per heavy atom. The fourth-order valence-electron chi connectivity index (χ4n) is 1.24. The van der Waals surface area contributed by atoms with Crippen molar-refractivity contribution in [3.05, 3.63) is 11.8 Å². The van der Waals surface area contributed by atoms with Crippen LogP contribution in [0.1, 0.15) is 6.42 Å². The van der Waals surface area contributed by atoms with Crippen molar-refractivity contribution in [2.24, 2.45) is 5.73 Å². The van der Waals surface area contributed by atoms with Crippen molar-refractivity contribution in [2.45, 2.75) is 6.42 Å². The van der Waals surface area contributed by atoms with Crippen LogP contribution in [-0.2, 0) is 4.79 Å². The molecule has 0 bridgehead atoms.